The van der Waals surface area contributed by atoms with Crippen LogP contribution in [0.3, 0.4) is 0 Å². The van der Waals surface area contributed by atoms with Gasteiger partial charge in [0.05, 0.1) is 10.6 Å². The molecule has 2 amide bonds. The molecule has 0 fully saturated rings. The number of halogens is 1. The van der Waals surface area contributed by atoms with E-state index >= 15 is 0 Å². The summed E-state index contributed by atoms with van der Waals surface area (Å²) in [5, 5.41) is 5.81. The molecule has 0 saturated carbocycles. The standard InChI is InChI=1S/C24H19ClN2O4/c25-19-9-5-4-8-18(19)23(28)27-20(24(29)26-14-16-6-2-1-3-7-16)12-17-10-11-21-22(13-17)31-15-30-21/h1-13H,14-15H2,(H,26,29)(H,27,28)/b20-12-. The topological polar surface area (TPSA) is 76.7 Å². The number of fused-ring (bicyclic) bond motifs is 1. The van der Waals surface area contributed by atoms with E-state index in [0.717, 1.165) is 5.56 Å². The molecule has 0 unspecified atom stereocenters. The van der Waals surface area contributed by atoms with Gasteiger partial charge in [-0.15, -0.1) is 0 Å². The van der Waals surface area contributed by atoms with E-state index in [-0.39, 0.29) is 18.1 Å². The van der Waals surface area contributed by atoms with Crippen molar-refractivity contribution in [2.45, 2.75) is 6.54 Å². The van der Waals surface area contributed by atoms with Crippen LogP contribution < -0.4 is 20.1 Å². The van der Waals surface area contributed by atoms with Crippen LogP contribution in [-0.4, -0.2) is 18.6 Å². The summed E-state index contributed by atoms with van der Waals surface area (Å²) in [6, 6.07) is 21.4. The van der Waals surface area contributed by atoms with Crippen LogP contribution in [0.2, 0.25) is 5.02 Å². The molecule has 7 heteroatoms. The first-order valence-corrected chi connectivity index (χ1v) is 9.97. The van der Waals surface area contributed by atoms with Gasteiger partial charge in [-0.05, 0) is 41.5 Å². The molecule has 31 heavy (non-hydrogen) atoms. The second-order valence-corrected chi connectivity index (χ2v) is 7.18. The highest BCUT2D eigenvalue weighted by Crippen LogP contribution is 2.33. The fraction of sp³-hybridized carbons (Fsp3) is 0.0833. The zero-order chi connectivity index (χ0) is 21.6. The summed E-state index contributed by atoms with van der Waals surface area (Å²) in [6.45, 7) is 0.469. The van der Waals surface area contributed by atoms with Gasteiger partial charge in [0.2, 0.25) is 6.79 Å². The molecule has 1 heterocycles. The van der Waals surface area contributed by atoms with Crippen LogP contribution in [-0.2, 0) is 11.3 Å². The van der Waals surface area contributed by atoms with Crippen molar-refractivity contribution in [3.05, 3.63) is 100 Å². The Morgan fingerprint density at radius 3 is 2.48 bits per heavy atom. The Balaban J connectivity index is 1.59. The lowest BCUT2D eigenvalue weighted by atomic mass is 10.1. The van der Waals surface area contributed by atoms with Crippen LogP contribution in [0.15, 0.2) is 78.5 Å². The Morgan fingerprint density at radius 1 is 0.935 bits per heavy atom. The smallest absolute Gasteiger partial charge is 0.268 e. The number of rotatable bonds is 6. The molecular weight excluding hydrogens is 416 g/mol. The lowest BCUT2D eigenvalue weighted by Gasteiger charge is -2.12. The van der Waals surface area contributed by atoms with Gasteiger partial charge in [0.1, 0.15) is 5.70 Å². The van der Waals surface area contributed by atoms with E-state index < -0.39 is 11.8 Å². The monoisotopic (exact) mass is 434 g/mol. The number of benzene rings is 3. The lowest BCUT2D eigenvalue weighted by Crippen LogP contribution is -2.34. The van der Waals surface area contributed by atoms with Crippen LogP contribution in [0.5, 0.6) is 11.5 Å². The molecule has 4 rings (SSSR count). The number of hydrogen-bond acceptors (Lipinski definition) is 4. The zero-order valence-corrected chi connectivity index (χ0v) is 17.2. The van der Waals surface area contributed by atoms with Gasteiger partial charge in [-0.2, -0.15) is 0 Å². The minimum atomic E-state index is -0.479. The third-order valence-corrected chi connectivity index (χ3v) is 4.94. The van der Waals surface area contributed by atoms with Gasteiger partial charge in [0.25, 0.3) is 11.8 Å². The summed E-state index contributed by atoms with van der Waals surface area (Å²) < 4.78 is 10.7. The summed E-state index contributed by atoms with van der Waals surface area (Å²) in [7, 11) is 0. The third-order valence-electron chi connectivity index (χ3n) is 4.61. The van der Waals surface area contributed by atoms with E-state index in [0.29, 0.717) is 28.6 Å². The van der Waals surface area contributed by atoms with Crippen molar-refractivity contribution in [1.29, 1.82) is 0 Å². The first-order chi connectivity index (χ1) is 15.1. The van der Waals surface area contributed by atoms with Crippen molar-refractivity contribution < 1.29 is 19.1 Å². The summed E-state index contributed by atoms with van der Waals surface area (Å²) in [6.07, 6.45) is 1.58. The second kappa shape index (κ2) is 9.36. The molecular formula is C24H19ClN2O4. The van der Waals surface area contributed by atoms with Crippen LogP contribution >= 0.6 is 11.6 Å². The summed E-state index contributed by atoms with van der Waals surface area (Å²) in [5.74, 6) is 0.303. The molecule has 0 radical (unpaired) electrons. The van der Waals surface area contributed by atoms with Crippen molar-refractivity contribution in [1.82, 2.24) is 10.6 Å². The van der Waals surface area contributed by atoms with E-state index in [9.17, 15) is 9.59 Å². The Bertz CT molecular complexity index is 1150. The van der Waals surface area contributed by atoms with Gasteiger partial charge in [-0.25, -0.2) is 0 Å². The largest absolute Gasteiger partial charge is 0.454 e. The average molecular weight is 435 g/mol. The Hall–Kier alpha value is -3.77. The average Bonchev–Trinajstić information content (AvgIpc) is 3.26. The van der Waals surface area contributed by atoms with Crippen molar-refractivity contribution in [3.63, 3.8) is 0 Å². The van der Waals surface area contributed by atoms with Gasteiger partial charge in [-0.1, -0.05) is 60.1 Å². The molecule has 156 valence electrons. The maximum absolute atomic E-state index is 12.9. The Labute approximate surface area is 184 Å². The minimum Gasteiger partial charge on any atom is -0.454 e. The first kappa shape index (κ1) is 20.5. The molecule has 0 spiro atoms. The highest BCUT2D eigenvalue weighted by atomic mass is 35.5. The van der Waals surface area contributed by atoms with E-state index in [4.69, 9.17) is 21.1 Å². The second-order valence-electron chi connectivity index (χ2n) is 6.77. The van der Waals surface area contributed by atoms with Crippen molar-refractivity contribution in [2.24, 2.45) is 0 Å². The third kappa shape index (κ3) is 5.05. The van der Waals surface area contributed by atoms with E-state index in [1.165, 1.54) is 0 Å². The highest BCUT2D eigenvalue weighted by molar-refractivity contribution is 6.34. The fourth-order valence-electron chi connectivity index (χ4n) is 3.04. The fourth-order valence-corrected chi connectivity index (χ4v) is 3.26. The van der Waals surface area contributed by atoms with Crippen LogP contribution in [0, 0.1) is 0 Å². The molecule has 6 nitrogen and oxygen atoms in total. The minimum absolute atomic E-state index is 0.0831. The van der Waals surface area contributed by atoms with Gasteiger partial charge in [-0.3, -0.25) is 9.59 Å². The quantitative estimate of drug-likeness (QED) is 0.571. The number of carbonyl (C=O) groups excluding carboxylic acids is 2. The Morgan fingerprint density at radius 2 is 1.68 bits per heavy atom. The summed E-state index contributed by atoms with van der Waals surface area (Å²) in [5.41, 5.74) is 1.97. The number of hydrogen-bond donors (Lipinski definition) is 2. The van der Waals surface area contributed by atoms with Crippen LogP contribution in [0.4, 0.5) is 0 Å². The van der Waals surface area contributed by atoms with Crippen LogP contribution in [0.1, 0.15) is 21.5 Å². The van der Waals surface area contributed by atoms with E-state index in [1.807, 2.05) is 30.3 Å². The predicted octanol–water partition coefficient (Wildman–Crippen LogP) is 4.16. The number of amides is 2. The maximum Gasteiger partial charge on any atom is 0.268 e. The van der Waals surface area contributed by atoms with Gasteiger partial charge in [0.15, 0.2) is 11.5 Å². The molecule has 0 aromatic heterocycles. The van der Waals surface area contributed by atoms with Crippen molar-refractivity contribution in [2.75, 3.05) is 6.79 Å². The predicted molar refractivity (Wildman–Crippen MR) is 118 cm³/mol. The number of ether oxygens (including phenoxy) is 2. The van der Waals surface area contributed by atoms with E-state index in [1.54, 1.807) is 48.5 Å². The molecule has 3 aromatic rings. The molecule has 1 aliphatic rings. The van der Waals surface area contributed by atoms with Gasteiger partial charge in [0, 0.05) is 6.54 Å². The number of carbonyl (C=O) groups is 2. The molecule has 0 aliphatic carbocycles. The van der Waals surface area contributed by atoms with Crippen molar-refractivity contribution >= 4 is 29.5 Å². The summed E-state index contributed by atoms with van der Waals surface area (Å²) >= 11 is 6.14. The lowest BCUT2D eigenvalue weighted by molar-refractivity contribution is -0.117. The molecule has 2 N–H and O–H groups in total. The molecule has 3 aromatic carbocycles. The van der Waals surface area contributed by atoms with Gasteiger partial charge < -0.3 is 20.1 Å². The maximum atomic E-state index is 12.9. The molecule has 0 atom stereocenters. The molecule has 0 bridgehead atoms. The molecule has 0 saturated heterocycles. The normalized spacial score (nSPS) is 12.4. The Kier molecular flexibility index (Phi) is 6.19. The van der Waals surface area contributed by atoms with E-state index in [2.05, 4.69) is 10.6 Å². The van der Waals surface area contributed by atoms with Gasteiger partial charge >= 0.3 is 0 Å². The van der Waals surface area contributed by atoms with Crippen molar-refractivity contribution in [3.8, 4) is 11.5 Å². The SMILES string of the molecule is O=C(NCc1ccccc1)/C(=C/c1ccc2c(c1)OCO2)NC(=O)c1ccccc1Cl. The van der Waals surface area contributed by atoms with Crippen LogP contribution in [0.25, 0.3) is 6.08 Å². The summed E-state index contributed by atoms with van der Waals surface area (Å²) in [4.78, 5) is 25.7. The highest BCUT2D eigenvalue weighted by Gasteiger charge is 2.18. The number of nitrogens with one attached hydrogen (secondary N) is 2. The zero-order valence-electron chi connectivity index (χ0n) is 16.4. The first-order valence-electron chi connectivity index (χ1n) is 9.59. The molecule has 1 aliphatic heterocycles.